The summed E-state index contributed by atoms with van der Waals surface area (Å²) < 4.78 is 54.5. The van der Waals surface area contributed by atoms with Crippen molar-refractivity contribution in [3.63, 3.8) is 0 Å². The van der Waals surface area contributed by atoms with Crippen LogP contribution in [0.15, 0.2) is 144 Å². The van der Waals surface area contributed by atoms with Gasteiger partial charge >= 0.3 is 0 Å². The number of para-hydroxylation sites is 2. The quantitative estimate of drug-likeness (QED) is 0.0857. The van der Waals surface area contributed by atoms with Crippen molar-refractivity contribution in [1.29, 1.82) is 0 Å². The Morgan fingerprint density at radius 3 is 1.41 bits per heavy atom. The van der Waals surface area contributed by atoms with E-state index in [1.807, 2.05) is 98.9 Å². The van der Waals surface area contributed by atoms with Crippen LogP contribution in [0.3, 0.4) is 0 Å². The molecule has 0 saturated carbocycles. The number of thioether (sulfide) groups is 1. The first kappa shape index (κ1) is 79.4. The number of sulfone groups is 1. The van der Waals surface area contributed by atoms with Gasteiger partial charge in [-0.25, -0.2) is 8.42 Å². The Hall–Kier alpha value is 1.87. The van der Waals surface area contributed by atoms with Crippen LogP contribution in [0.4, 0.5) is 0 Å². The minimum absolute atomic E-state index is 0. The Labute approximate surface area is 584 Å². The molecular formula is C40H47N11O5S9U6. The van der Waals surface area contributed by atoms with E-state index in [9.17, 15) is 16.8 Å². The largest absolute Gasteiger partial charge is 0.272 e. The molecule has 0 fully saturated rings. The van der Waals surface area contributed by atoms with E-state index < -0.39 is 20.0 Å². The standard InChI is InChI=1S/C15H15N5O2S.C15H15N5S.C9H13NO3S.CH4.S6.6U/c1-12(14-9-5-6-10-16-14)11-23(21,22)15-17-18-19-20(15)13-7-3-2-4-8-13;1-12(14-9-5-6-10-16-14)11-21-15-17-18-19-20(15)13-7-3-2-4-8-13;1-8(7-13-14(2,11)12)9-5-3-4-6-10-9;;1-3-5-6-4-2;;;;;;/h2-10,12H,11H2,1H3;2-10,12H,11H2,1H3;3-6,8H,7H2,1-2H3;1H4;;;;;;;/t2*12-;8-;;;;;;;;/m111......../s1. The van der Waals surface area contributed by atoms with Crippen molar-refractivity contribution in [1.82, 2.24) is 55.4 Å². The summed E-state index contributed by atoms with van der Waals surface area (Å²) in [6.45, 7) is 5.98. The summed E-state index contributed by atoms with van der Waals surface area (Å²) >= 11 is 10.7. The molecule has 5 heterocycles. The third kappa shape index (κ3) is 30.7. The molecule has 370 valence electrons. The van der Waals surface area contributed by atoms with Crippen molar-refractivity contribution in [2.45, 2.75) is 56.3 Å². The predicted molar refractivity (Wildman–Crippen MR) is 271 cm³/mol. The number of pyridine rings is 3. The fourth-order valence-corrected chi connectivity index (χ4v) is 13.6. The van der Waals surface area contributed by atoms with Gasteiger partial charge in [0.25, 0.3) is 15.3 Å². The molecule has 0 unspecified atom stereocenters. The van der Waals surface area contributed by atoms with Gasteiger partial charge in [-0.1, -0.05) is 99.7 Å². The zero-order valence-electron chi connectivity index (χ0n) is 37.7. The summed E-state index contributed by atoms with van der Waals surface area (Å²) in [4.78, 5) is 12.7. The summed E-state index contributed by atoms with van der Waals surface area (Å²) in [6.07, 6.45) is 6.18. The maximum Gasteiger partial charge on any atom is 0.272 e. The second kappa shape index (κ2) is 44.7. The van der Waals surface area contributed by atoms with Crippen LogP contribution < -0.4 is 0 Å². The van der Waals surface area contributed by atoms with Gasteiger partial charge in [-0.2, -0.15) is 17.8 Å². The van der Waals surface area contributed by atoms with Crippen LogP contribution in [0.1, 0.15) is 63.0 Å². The molecule has 0 aliphatic heterocycles. The predicted octanol–water partition coefficient (Wildman–Crippen LogP) is 6.37. The molecule has 0 amide bonds. The van der Waals surface area contributed by atoms with Crippen molar-refractivity contribution in [3.8, 4) is 11.4 Å². The first-order valence-corrected chi connectivity index (χ1v) is 30.0. The Bertz CT molecular complexity index is 2860. The van der Waals surface area contributed by atoms with E-state index in [0.717, 1.165) is 39.9 Å². The smallest absolute Gasteiger partial charge is 0.270 e. The second-order valence-corrected chi connectivity index (χ2v) is 24.9. The Morgan fingerprint density at radius 2 is 0.972 bits per heavy atom. The van der Waals surface area contributed by atoms with Gasteiger partial charge in [-0.3, -0.25) is 19.1 Å². The number of rotatable bonds is 14. The van der Waals surface area contributed by atoms with E-state index in [2.05, 4.69) is 79.5 Å². The monoisotopic (exact) mass is 2480 g/mol. The van der Waals surface area contributed by atoms with Crippen molar-refractivity contribution < 1.29 is 208 Å². The van der Waals surface area contributed by atoms with Gasteiger partial charge in [0.05, 0.1) is 30.0 Å². The van der Waals surface area contributed by atoms with Crippen LogP contribution >= 0.6 is 11.8 Å². The summed E-state index contributed by atoms with van der Waals surface area (Å²) in [5, 5.41) is 23.6. The number of benzene rings is 2. The molecule has 0 radical (unpaired) electrons. The molecule has 7 rings (SSSR count). The van der Waals surface area contributed by atoms with Crippen LogP contribution in [-0.2, 0) is 82.0 Å². The summed E-state index contributed by atoms with van der Waals surface area (Å²) in [5.41, 5.74) is 4.20. The van der Waals surface area contributed by atoms with E-state index in [1.54, 1.807) is 65.2 Å². The third-order valence-corrected chi connectivity index (χ3v) is 18.4. The summed E-state index contributed by atoms with van der Waals surface area (Å²) in [5.74, 6) is 0.826. The van der Waals surface area contributed by atoms with Crippen LogP contribution in [0.2, 0.25) is 0 Å². The molecule has 16 nitrogen and oxygen atoms in total. The van der Waals surface area contributed by atoms with E-state index in [1.165, 1.54) is 40.2 Å². The zero-order valence-corrected chi connectivity index (χ0v) is 70.0. The van der Waals surface area contributed by atoms with Gasteiger partial charge in [0.15, 0.2) is 0 Å². The minimum Gasteiger partial charge on any atom is -0.270 e. The molecule has 0 aliphatic rings. The van der Waals surface area contributed by atoms with Crippen LogP contribution in [0.5, 0.6) is 0 Å². The molecule has 0 aliphatic carbocycles. The zero-order chi connectivity index (χ0) is 46.2. The van der Waals surface area contributed by atoms with Gasteiger partial charge in [0, 0.05) is 304 Å². The van der Waals surface area contributed by atoms with Crippen LogP contribution in [-0.4, -0.2) is 96.6 Å². The molecule has 0 saturated heterocycles. The van der Waals surface area contributed by atoms with E-state index in [0.29, 0.717) is 11.6 Å². The molecule has 0 N–H and O–H groups in total. The van der Waals surface area contributed by atoms with Crippen molar-refractivity contribution in [3.05, 3.63) is 151 Å². The van der Waals surface area contributed by atoms with Gasteiger partial charge in [-0.15, -0.1) is 5.10 Å². The molecule has 7 aromatic rings. The summed E-state index contributed by atoms with van der Waals surface area (Å²) in [6, 6.07) is 35.8. The van der Waals surface area contributed by atoms with Gasteiger partial charge < -0.3 is 0 Å². The first-order chi connectivity index (χ1) is 30.8. The normalized spacial score (nSPS) is 11.0. The minimum atomic E-state index is -3.66. The Balaban J connectivity index is -0.000000437. The third-order valence-electron chi connectivity index (χ3n) is 8.29. The fourth-order valence-electron chi connectivity index (χ4n) is 5.21. The van der Waals surface area contributed by atoms with Gasteiger partial charge in [0.2, 0.25) is 15.0 Å². The van der Waals surface area contributed by atoms with E-state index in [4.69, 9.17) is 0 Å². The molecule has 0 spiro atoms. The van der Waals surface area contributed by atoms with E-state index >= 15 is 0 Å². The number of nitrogens with zero attached hydrogens (tertiary/aromatic N) is 11. The number of tetrazole rings is 2. The average Bonchev–Trinajstić information content (AvgIpc) is 4.03. The number of aromatic nitrogens is 11. The second-order valence-electron chi connectivity index (χ2n) is 13.2. The Kier molecular flexibility index (Phi) is 50.0. The molecular weight excluding hydrogens is 2430 g/mol. The number of hydrogen-bond donors (Lipinski definition) is 0. The first-order valence-electron chi connectivity index (χ1n) is 18.8. The SMILES string of the molecule is C.C[C@H](COS(C)(=O)=O)c1ccccn1.C[C@H](CS(=O)(=O)c1nnnn1-c1ccccc1)c1ccccn1.C[C@H](CSc1nnnn1-c1ccccc1)c1ccccn1.S=S=S=S=S=S.[U].[U].[U].[U].[U].[U]. The molecule has 2 aromatic carbocycles. The van der Waals surface area contributed by atoms with Gasteiger partial charge in [0.1, 0.15) is 0 Å². The maximum atomic E-state index is 12.7. The Morgan fingerprint density at radius 1 is 0.563 bits per heavy atom. The number of hydrogen-bond acceptors (Lipinski definition) is 17. The van der Waals surface area contributed by atoms with Gasteiger partial charge in [-0.05, 0) is 81.5 Å². The molecule has 5 aromatic heterocycles. The molecule has 71 heavy (non-hydrogen) atoms. The van der Waals surface area contributed by atoms with Crippen molar-refractivity contribution in [2.24, 2.45) is 0 Å². The topological polar surface area (TPSA) is 203 Å². The van der Waals surface area contributed by atoms with Crippen molar-refractivity contribution >= 4 is 89.6 Å². The molecule has 3 atom stereocenters. The maximum absolute atomic E-state index is 12.7. The van der Waals surface area contributed by atoms with Crippen LogP contribution in [0, 0.1) is 187 Å². The van der Waals surface area contributed by atoms with E-state index in [-0.39, 0.29) is 223 Å². The average molecular weight is 2480 g/mol. The van der Waals surface area contributed by atoms with Crippen LogP contribution in [0.25, 0.3) is 11.4 Å². The fraction of sp³-hybridized carbons (Fsp3) is 0.275. The summed E-state index contributed by atoms with van der Waals surface area (Å²) in [7, 11) is -1.38. The molecule has 31 heteroatoms. The van der Waals surface area contributed by atoms with Crippen molar-refractivity contribution in [2.75, 3.05) is 24.4 Å². The molecule has 0 bridgehead atoms.